The molecule has 1 N–H and O–H groups in total. The van der Waals surface area contributed by atoms with Crippen LogP contribution in [0.4, 0.5) is 13.2 Å². The van der Waals surface area contributed by atoms with Crippen LogP contribution in [0.15, 0.2) is 54.6 Å². The van der Waals surface area contributed by atoms with Crippen molar-refractivity contribution in [3.8, 4) is 5.75 Å². The van der Waals surface area contributed by atoms with E-state index in [0.717, 1.165) is 37.1 Å². The van der Waals surface area contributed by atoms with E-state index in [4.69, 9.17) is 4.74 Å². The zero-order chi connectivity index (χ0) is 19.4. The number of rotatable bonds is 6. The van der Waals surface area contributed by atoms with Gasteiger partial charge in [-0.15, -0.1) is 13.2 Å². The van der Waals surface area contributed by atoms with Gasteiger partial charge in [-0.2, -0.15) is 0 Å². The predicted molar refractivity (Wildman–Crippen MR) is 88.9 cm³/mol. The van der Waals surface area contributed by atoms with Gasteiger partial charge in [-0.25, -0.2) is 4.79 Å². The normalized spacial score (nSPS) is 14.9. The molecular formula is C19H16F3NO4. The maximum absolute atomic E-state index is 12.4. The number of benzene rings is 2. The molecule has 0 saturated heterocycles. The van der Waals surface area contributed by atoms with Crippen LogP contribution in [0, 0.1) is 0 Å². The molecule has 0 bridgehead atoms. The van der Waals surface area contributed by atoms with Gasteiger partial charge in [0.25, 0.3) is 5.91 Å². The van der Waals surface area contributed by atoms with E-state index in [0.29, 0.717) is 5.56 Å². The second kappa shape index (κ2) is 7.69. The molecule has 1 unspecified atom stereocenters. The van der Waals surface area contributed by atoms with Crippen LogP contribution >= 0.6 is 0 Å². The Morgan fingerprint density at radius 1 is 1.00 bits per heavy atom. The Morgan fingerprint density at radius 2 is 1.63 bits per heavy atom. The third kappa shape index (κ3) is 5.47. The molecule has 2 aromatic carbocycles. The number of nitrogens with one attached hydrogen (secondary N) is 1. The Labute approximate surface area is 153 Å². The molecule has 1 atom stereocenters. The predicted octanol–water partition coefficient (Wildman–Crippen LogP) is 3.76. The molecule has 1 saturated carbocycles. The Hall–Kier alpha value is -3.03. The molecule has 27 heavy (non-hydrogen) atoms. The summed E-state index contributed by atoms with van der Waals surface area (Å²) < 4.78 is 45.7. The number of carbonyl (C=O) groups excluding carboxylic acids is 2. The summed E-state index contributed by atoms with van der Waals surface area (Å²) in [5.41, 5.74) is 0.505. The number of alkyl halides is 3. The summed E-state index contributed by atoms with van der Waals surface area (Å²) in [6.07, 6.45) is -4.21. The van der Waals surface area contributed by atoms with Crippen LogP contribution in [0.2, 0.25) is 0 Å². The summed E-state index contributed by atoms with van der Waals surface area (Å²) in [5, 5.41) is 2.78. The number of ether oxygens (including phenoxy) is 2. The van der Waals surface area contributed by atoms with Crippen molar-refractivity contribution in [2.75, 3.05) is 0 Å². The van der Waals surface area contributed by atoms with Crippen molar-refractivity contribution in [3.63, 3.8) is 0 Å². The molecular weight excluding hydrogens is 363 g/mol. The van der Waals surface area contributed by atoms with Crippen LogP contribution in [0.1, 0.15) is 34.9 Å². The molecule has 5 nitrogen and oxygen atoms in total. The highest BCUT2D eigenvalue weighted by molar-refractivity contribution is 5.93. The van der Waals surface area contributed by atoms with Crippen LogP contribution in [0.5, 0.6) is 5.75 Å². The molecule has 1 aliphatic rings. The summed E-state index contributed by atoms with van der Waals surface area (Å²) in [7, 11) is 0. The molecule has 0 aliphatic heterocycles. The first-order valence-corrected chi connectivity index (χ1v) is 8.24. The highest BCUT2D eigenvalue weighted by Crippen LogP contribution is 2.26. The highest BCUT2D eigenvalue weighted by atomic mass is 19.4. The first kappa shape index (κ1) is 18.8. The maximum Gasteiger partial charge on any atom is 0.573 e. The van der Waals surface area contributed by atoms with E-state index in [1.165, 1.54) is 0 Å². The van der Waals surface area contributed by atoms with Gasteiger partial charge in [-0.3, -0.25) is 4.79 Å². The van der Waals surface area contributed by atoms with E-state index in [1.807, 2.05) is 0 Å². The van der Waals surface area contributed by atoms with Gasteiger partial charge < -0.3 is 14.8 Å². The Balaban J connectivity index is 1.72. The van der Waals surface area contributed by atoms with Crippen LogP contribution in [-0.4, -0.2) is 24.3 Å². The molecule has 0 aromatic heterocycles. The van der Waals surface area contributed by atoms with Gasteiger partial charge in [0.1, 0.15) is 5.75 Å². The topological polar surface area (TPSA) is 64.6 Å². The van der Waals surface area contributed by atoms with Gasteiger partial charge in [0.15, 0.2) is 0 Å². The second-order valence-corrected chi connectivity index (χ2v) is 6.05. The van der Waals surface area contributed by atoms with Crippen molar-refractivity contribution in [2.45, 2.75) is 31.3 Å². The molecule has 142 valence electrons. The van der Waals surface area contributed by atoms with Gasteiger partial charge in [0.05, 0.1) is 5.56 Å². The third-order valence-electron chi connectivity index (χ3n) is 3.81. The lowest BCUT2D eigenvalue weighted by atomic mass is 10.1. The van der Waals surface area contributed by atoms with Crippen LogP contribution in [-0.2, 0) is 9.53 Å². The van der Waals surface area contributed by atoms with E-state index < -0.39 is 30.1 Å². The summed E-state index contributed by atoms with van der Waals surface area (Å²) in [4.78, 5) is 24.8. The second-order valence-electron chi connectivity index (χ2n) is 6.05. The highest BCUT2D eigenvalue weighted by Gasteiger charge is 2.32. The van der Waals surface area contributed by atoms with Gasteiger partial charge >= 0.3 is 12.3 Å². The fraction of sp³-hybridized carbons (Fsp3) is 0.263. The average Bonchev–Trinajstić information content (AvgIpc) is 3.43. The standard InChI is InChI=1S/C19H16F3NO4/c20-19(21,22)27-15-10-6-13(7-11-15)18(25)26-16(12-4-2-1-3-5-12)17(24)23-14-8-9-14/h1-7,10-11,14,16H,8-9H2,(H,23,24). The zero-order valence-electron chi connectivity index (χ0n) is 14.0. The van der Waals surface area contributed by atoms with Crippen LogP contribution < -0.4 is 10.1 Å². The third-order valence-corrected chi connectivity index (χ3v) is 3.81. The Bertz CT molecular complexity index is 802. The van der Waals surface area contributed by atoms with Crippen molar-refractivity contribution in [1.82, 2.24) is 5.32 Å². The summed E-state index contributed by atoms with van der Waals surface area (Å²) in [6.45, 7) is 0. The van der Waals surface area contributed by atoms with Crippen LogP contribution in [0.3, 0.4) is 0 Å². The van der Waals surface area contributed by atoms with Crippen LogP contribution in [0.25, 0.3) is 0 Å². The van der Waals surface area contributed by atoms with Gasteiger partial charge in [0, 0.05) is 11.6 Å². The van der Waals surface area contributed by atoms with Crippen molar-refractivity contribution in [3.05, 3.63) is 65.7 Å². The fourth-order valence-electron chi connectivity index (χ4n) is 2.37. The summed E-state index contributed by atoms with van der Waals surface area (Å²) in [5.74, 6) is -1.72. The first-order valence-electron chi connectivity index (χ1n) is 8.24. The van der Waals surface area contributed by atoms with Crippen molar-refractivity contribution < 1.29 is 32.2 Å². The molecule has 3 rings (SSSR count). The first-order chi connectivity index (χ1) is 12.8. The molecule has 1 fully saturated rings. The van der Waals surface area contributed by atoms with E-state index >= 15 is 0 Å². The fourth-order valence-corrected chi connectivity index (χ4v) is 2.37. The molecule has 2 aromatic rings. The Kier molecular flexibility index (Phi) is 5.34. The van der Waals surface area contributed by atoms with Crippen molar-refractivity contribution >= 4 is 11.9 Å². The van der Waals surface area contributed by atoms with E-state index in [-0.39, 0.29) is 11.6 Å². The SMILES string of the molecule is O=C(OC(C(=O)NC1CC1)c1ccccc1)c1ccc(OC(F)(F)F)cc1. The quantitative estimate of drug-likeness (QED) is 0.777. The van der Waals surface area contributed by atoms with Gasteiger partial charge in [-0.1, -0.05) is 30.3 Å². The smallest absolute Gasteiger partial charge is 0.444 e. The minimum absolute atomic E-state index is 0.00433. The monoisotopic (exact) mass is 379 g/mol. The molecule has 8 heteroatoms. The number of hydrogen-bond donors (Lipinski definition) is 1. The lowest BCUT2D eigenvalue weighted by Crippen LogP contribution is -2.33. The lowest BCUT2D eigenvalue weighted by Gasteiger charge is -2.18. The van der Waals surface area contributed by atoms with E-state index in [1.54, 1.807) is 30.3 Å². The van der Waals surface area contributed by atoms with Gasteiger partial charge in [0.2, 0.25) is 6.10 Å². The molecule has 0 heterocycles. The van der Waals surface area contributed by atoms with Gasteiger partial charge in [-0.05, 0) is 37.1 Å². The van der Waals surface area contributed by atoms with Crippen molar-refractivity contribution in [1.29, 1.82) is 0 Å². The largest absolute Gasteiger partial charge is 0.573 e. The Morgan fingerprint density at radius 3 is 2.19 bits per heavy atom. The molecule has 1 aliphatic carbocycles. The number of carbonyl (C=O) groups is 2. The molecule has 1 amide bonds. The molecule has 0 spiro atoms. The average molecular weight is 379 g/mol. The number of amides is 1. The number of esters is 1. The minimum Gasteiger partial charge on any atom is -0.444 e. The summed E-state index contributed by atoms with van der Waals surface area (Å²) in [6, 6.07) is 12.9. The van der Waals surface area contributed by atoms with E-state index in [9.17, 15) is 22.8 Å². The molecule has 0 radical (unpaired) electrons. The minimum atomic E-state index is -4.82. The zero-order valence-corrected chi connectivity index (χ0v) is 14.0. The summed E-state index contributed by atoms with van der Waals surface area (Å²) >= 11 is 0. The van der Waals surface area contributed by atoms with E-state index in [2.05, 4.69) is 10.1 Å². The number of hydrogen-bond acceptors (Lipinski definition) is 4. The maximum atomic E-state index is 12.4. The van der Waals surface area contributed by atoms with Crippen molar-refractivity contribution in [2.24, 2.45) is 0 Å². The number of halogens is 3. The lowest BCUT2D eigenvalue weighted by molar-refractivity contribution is -0.274.